The van der Waals surface area contributed by atoms with Crippen molar-refractivity contribution in [2.45, 2.75) is 13.0 Å². The maximum atomic E-state index is 3.69. The molecule has 1 aromatic rings. The lowest BCUT2D eigenvalue weighted by Crippen LogP contribution is -2.23. The fourth-order valence-electron chi connectivity index (χ4n) is 0.963. The highest BCUT2D eigenvalue weighted by Gasteiger charge is 1.89. The Labute approximate surface area is 85.8 Å². The van der Waals surface area contributed by atoms with Crippen molar-refractivity contribution in [1.82, 2.24) is 5.32 Å². The minimum atomic E-state index is 0.320. The summed E-state index contributed by atoms with van der Waals surface area (Å²) in [5, 5.41) is 3.21. The maximum absolute atomic E-state index is 3.69. The van der Waals surface area contributed by atoms with E-state index in [0.717, 1.165) is 5.56 Å². The molecule has 0 heterocycles. The van der Waals surface area contributed by atoms with Gasteiger partial charge in [-0.25, -0.2) is 0 Å². The van der Waals surface area contributed by atoms with Gasteiger partial charge in [-0.05, 0) is 19.1 Å². The van der Waals surface area contributed by atoms with Gasteiger partial charge in [0.25, 0.3) is 0 Å². The normalized spacial score (nSPS) is 11.2. The van der Waals surface area contributed by atoms with Crippen LogP contribution in [0.4, 0.5) is 0 Å². The number of rotatable bonds is 3. The molecule has 1 aromatic carbocycles. The van der Waals surface area contributed by atoms with E-state index < -0.39 is 0 Å². The molecular weight excluding hydrogens is 170 g/mol. The van der Waals surface area contributed by atoms with Crippen molar-refractivity contribution in [3.8, 4) is 11.8 Å². The average Bonchev–Trinajstić information content (AvgIpc) is 2.25. The highest BCUT2D eigenvalue weighted by Crippen LogP contribution is 1.94. The summed E-state index contributed by atoms with van der Waals surface area (Å²) in [6.07, 6.45) is 1.87. The van der Waals surface area contributed by atoms with Crippen LogP contribution in [0, 0.1) is 11.8 Å². The highest BCUT2D eigenvalue weighted by atomic mass is 14.9. The van der Waals surface area contributed by atoms with Crippen LogP contribution in [0.2, 0.25) is 0 Å². The molecule has 0 radical (unpaired) electrons. The summed E-state index contributed by atoms with van der Waals surface area (Å²) in [7, 11) is 0. The fourth-order valence-corrected chi connectivity index (χ4v) is 0.963. The summed E-state index contributed by atoms with van der Waals surface area (Å²) in [6.45, 7) is 6.44. The lowest BCUT2D eigenvalue weighted by atomic mass is 10.2. The van der Waals surface area contributed by atoms with Gasteiger partial charge in [0.1, 0.15) is 0 Å². The molecule has 1 N–H and O–H groups in total. The fraction of sp³-hybridized carbons (Fsp3) is 0.231. The van der Waals surface area contributed by atoms with E-state index in [0.29, 0.717) is 12.6 Å². The van der Waals surface area contributed by atoms with E-state index in [9.17, 15) is 0 Å². The van der Waals surface area contributed by atoms with Gasteiger partial charge in [-0.1, -0.05) is 36.1 Å². The van der Waals surface area contributed by atoms with Gasteiger partial charge in [0.2, 0.25) is 0 Å². The Balaban J connectivity index is 2.38. The van der Waals surface area contributed by atoms with Crippen LogP contribution >= 0.6 is 0 Å². The molecule has 1 rings (SSSR count). The van der Waals surface area contributed by atoms with E-state index in [4.69, 9.17) is 0 Å². The van der Waals surface area contributed by atoms with Crippen LogP contribution in [0.1, 0.15) is 12.5 Å². The number of hydrogen-bond acceptors (Lipinski definition) is 1. The van der Waals surface area contributed by atoms with Gasteiger partial charge in [-0.2, -0.15) is 0 Å². The Hall–Kier alpha value is -1.52. The monoisotopic (exact) mass is 185 g/mol. The van der Waals surface area contributed by atoms with Crippen LogP contribution in [0.15, 0.2) is 43.0 Å². The predicted molar refractivity (Wildman–Crippen MR) is 61.0 cm³/mol. The Kier molecular flexibility index (Phi) is 4.54. The zero-order valence-corrected chi connectivity index (χ0v) is 8.46. The summed E-state index contributed by atoms with van der Waals surface area (Å²) in [4.78, 5) is 0. The summed E-state index contributed by atoms with van der Waals surface area (Å²) in [5.41, 5.74) is 1.06. The standard InChI is InChI=1S/C13H15N/c1-3-12(2)14-11-7-10-13-8-5-4-6-9-13/h3-6,8-9,12,14H,1,11H2,2H3. The third-order valence-corrected chi connectivity index (χ3v) is 1.87. The molecular formula is C13H15N. The molecule has 0 aliphatic rings. The van der Waals surface area contributed by atoms with Crippen molar-refractivity contribution >= 4 is 0 Å². The van der Waals surface area contributed by atoms with E-state index in [-0.39, 0.29) is 0 Å². The van der Waals surface area contributed by atoms with Crippen LogP contribution in [-0.2, 0) is 0 Å². The van der Waals surface area contributed by atoms with Gasteiger partial charge < -0.3 is 5.32 Å². The van der Waals surface area contributed by atoms with Gasteiger partial charge in [-0.15, -0.1) is 6.58 Å². The van der Waals surface area contributed by atoms with Crippen molar-refractivity contribution in [2.24, 2.45) is 0 Å². The van der Waals surface area contributed by atoms with E-state index in [1.54, 1.807) is 0 Å². The maximum Gasteiger partial charge on any atom is 0.0584 e. The molecule has 0 spiro atoms. The number of benzene rings is 1. The zero-order valence-electron chi connectivity index (χ0n) is 8.46. The van der Waals surface area contributed by atoms with Crippen LogP contribution in [0.25, 0.3) is 0 Å². The zero-order chi connectivity index (χ0) is 10.2. The van der Waals surface area contributed by atoms with Crippen LogP contribution in [0.5, 0.6) is 0 Å². The first-order valence-corrected chi connectivity index (χ1v) is 4.73. The molecule has 1 nitrogen and oxygen atoms in total. The summed E-state index contributed by atoms with van der Waals surface area (Å²) >= 11 is 0. The molecule has 1 atom stereocenters. The Morgan fingerprint density at radius 3 is 2.79 bits per heavy atom. The Morgan fingerprint density at radius 1 is 1.43 bits per heavy atom. The average molecular weight is 185 g/mol. The van der Waals surface area contributed by atoms with Gasteiger partial charge in [0.15, 0.2) is 0 Å². The predicted octanol–water partition coefficient (Wildman–Crippen LogP) is 2.20. The highest BCUT2D eigenvalue weighted by molar-refractivity contribution is 5.33. The molecule has 0 saturated carbocycles. The number of hydrogen-bond donors (Lipinski definition) is 1. The third kappa shape index (κ3) is 3.93. The van der Waals surface area contributed by atoms with Gasteiger partial charge in [-0.3, -0.25) is 0 Å². The molecule has 0 bridgehead atoms. The summed E-state index contributed by atoms with van der Waals surface area (Å²) < 4.78 is 0. The second-order valence-corrected chi connectivity index (χ2v) is 3.07. The van der Waals surface area contributed by atoms with E-state index in [2.05, 4.69) is 30.7 Å². The minimum absolute atomic E-state index is 0.320. The van der Waals surface area contributed by atoms with E-state index >= 15 is 0 Å². The molecule has 1 heteroatoms. The van der Waals surface area contributed by atoms with E-state index in [1.807, 2.05) is 36.4 Å². The van der Waals surface area contributed by atoms with Crippen molar-refractivity contribution in [3.63, 3.8) is 0 Å². The first-order valence-electron chi connectivity index (χ1n) is 4.73. The smallest absolute Gasteiger partial charge is 0.0584 e. The molecule has 0 aliphatic heterocycles. The van der Waals surface area contributed by atoms with Gasteiger partial charge in [0.05, 0.1) is 6.54 Å². The second kappa shape index (κ2) is 6.01. The first-order chi connectivity index (χ1) is 6.83. The van der Waals surface area contributed by atoms with Crippen LogP contribution in [-0.4, -0.2) is 12.6 Å². The van der Waals surface area contributed by atoms with Crippen LogP contribution < -0.4 is 5.32 Å². The Bertz CT molecular complexity index is 329. The molecule has 0 amide bonds. The van der Waals surface area contributed by atoms with Gasteiger partial charge in [0, 0.05) is 11.6 Å². The van der Waals surface area contributed by atoms with Gasteiger partial charge >= 0.3 is 0 Å². The third-order valence-electron chi connectivity index (χ3n) is 1.87. The lowest BCUT2D eigenvalue weighted by molar-refractivity contribution is 0.694. The molecule has 0 fully saturated rings. The minimum Gasteiger partial charge on any atom is -0.300 e. The van der Waals surface area contributed by atoms with Crippen molar-refractivity contribution < 1.29 is 0 Å². The Morgan fingerprint density at radius 2 is 2.14 bits per heavy atom. The molecule has 72 valence electrons. The topological polar surface area (TPSA) is 12.0 Å². The number of nitrogens with one attached hydrogen (secondary N) is 1. The van der Waals surface area contributed by atoms with Crippen molar-refractivity contribution in [3.05, 3.63) is 48.6 Å². The molecule has 0 aromatic heterocycles. The summed E-state index contributed by atoms with van der Waals surface area (Å²) in [5.74, 6) is 6.14. The van der Waals surface area contributed by atoms with Crippen LogP contribution in [0.3, 0.4) is 0 Å². The first kappa shape index (κ1) is 10.6. The second-order valence-electron chi connectivity index (χ2n) is 3.07. The van der Waals surface area contributed by atoms with Crippen molar-refractivity contribution in [2.75, 3.05) is 6.54 Å². The molecule has 1 unspecified atom stereocenters. The quantitative estimate of drug-likeness (QED) is 0.562. The molecule has 0 aliphatic carbocycles. The summed E-state index contributed by atoms with van der Waals surface area (Å²) in [6, 6.07) is 10.3. The molecule has 14 heavy (non-hydrogen) atoms. The SMILES string of the molecule is C=CC(C)NCC#Cc1ccccc1. The van der Waals surface area contributed by atoms with Crippen molar-refractivity contribution in [1.29, 1.82) is 0 Å². The van der Waals surface area contributed by atoms with E-state index in [1.165, 1.54) is 0 Å². The molecule has 0 saturated heterocycles. The lowest BCUT2D eigenvalue weighted by Gasteiger charge is -2.03. The largest absolute Gasteiger partial charge is 0.300 e.